The number of hydrogen-bond acceptors (Lipinski definition) is 5. The second-order valence-corrected chi connectivity index (χ2v) is 7.58. The summed E-state index contributed by atoms with van der Waals surface area (Å²) in [5, 5.41) is 5.09. The summed E-state index contributed by atoms with van der Waals surface area (Å²) in [6.07, 6.45) is 9.31. The minimum atomic E-state index is -0.0701. The molecule has 0 aromatic carbocycles. The lowest BCUT2D eigenvalue weighted by Crippen LogP contribution is -2.41. The van der Waals surface area contributed by atoms with Gasteiger partial charge in [0.1, 0.15) is 5.69 Å². The molecule has 7 heteroatoms. The minimum Gasteiger partial charge on any atom is -0.349 e. The van der Waals surface area contributed by atoms with Crippen LogP contribution in [-0.4, -0.2) is 44.8 Å². The number of amides is 1. The summed E-state index contributed by atoms with van der Waals surface area (Å²) in [5.74, 6) is -0.0701. The van der Waals surface area contributed by atoms with Crippen LogP contribution in [0.25, 0.3) is 4.96 Å². The number of nitrogens with one attached hydrogen (secondary N) is 1. The van der Waals surface area contributed by atoms with Gasteiger partial charge in [-0.05, 0) is 44.5 Å². The van der Waals surface area contributed by atoms with Crippen molar-refractivity contribution in [2.75, 3.05) is 19.6 Å². The number of thiazole rings is 1. The van der Waals surface area contributed by atoms with Gasteiger partial charge in [-0.15, -0.1) is 11.3 Å². The summed E-state index contributed by atoms with van der Waals surface area (Å²) in [4.78, 5) is 24.9. The topological polar surface area (TPSA) is 62.5 Å². The van der Waals surface area contributed by atoms with Crippen LogP contribution in [0.2, 0.25) is 0 Å². The molecule has 0 aliphatic carbocycles. The van der Waals surface area contributed by atoms with Crippen molar-refractivity contribution in [1.82, 2.24) is 24.6 Å². The van der Waals surface area contributed by atoms with Gasteiger partial charge in [0.05, 0.1) is 11.7 Å². The van der Waals surface area contributed by atoms with Crippen LogP contribution in [0.15, 0.2) is 36.1 Å². The molecule has 0 saturated carbocycles. The number of hydrogen-bond donors (Lipinski definition) is 1. The van der Waals surface area contributed by atoms with Crippen LogP contribution in [-0.2, 0) is 0 Å². The van der Waals surface area contributed by atoms with Crippen LogP contribution in [0.5, 0.6) is 0 Å². The summed E-state index contributed by atoms with van der Waals surface area (Å²) in [6, 6.07) is 4.21. The number of carbonyl (C=O) groups is 1. The fourth-order valence-electron chi connectivity index (χ4n) is 3.70. The molecular weight excluding hydrogens is 346 g/mol. The van der Waals surface area contributed by atoms with E-state index in [2.05, 4.69) is 26.3 Å². The predicted octanol–water partition coefficient (Wildman–Crippen LogP) is 3.06. The van der Waals surface area contributed by atoms with Gasteiger partial charge >= 0.3 is 0 Å². The maximum absolute atomic E-state index is 12.9. The molecule has 0 spiro atoms. The molecular formula is C19H23N5OS. The van der Waals surface area contributed by atoms with Gasteiger partial charge in [0.25, 0.3) is 5.91 Å². The lowest BCUT2D eigenvalue weighted by molar-refractivity contribution is 0.0918. The molecule has 1 saturated heterocycles. The molecule has 136 valence electrons. The Morgan fingerprint density at radius 1 is 1.35 bits per heavy atom. The molecule has 3 aromatic rings. The number of imidazole rings is 1. The Kier molecular flexibility index (Phi) is 4.99. The molecule has 1 atom stereocenters. The molecule has 0 radical (unpaired) electrons. The zero-order valence-electron chi connectivity index (χ0n) is 14.9. The van der Waals surface area contributed by atoms with Crippen molar-refractivity contribution < 1.29 is 4.79 Å². The van der Waals surface area contributed by atoms with Crippen molar-refractivity contribution in [2.45, 2.75) is 32.2 Å². The average Bonchev–Trinajstić information content (AvgIpc) is 3.23. The molecule has 0 bridgehead atoms. The summed E-state index contributed by atoms with van der Waals surface area (Å²) in [7, 11) is 0. The number of nitrogens with zero attached hydrogens (tertiary/aromatic N) is 4. The maximum Gasteiger partial charge on any atom is 0.270 e. The van der Waals surface area contributed by atoms with Crippen LogP contribution >= 0.6 is 11.3 Å². The zero-order chi connectivity index (χ0) is 17.9. The van der Waals surface area contributed by atoms with Crippen molar-refractivity contribution in [1.29, 1.82) is 0 Å². The second kappa shape index (κ2) is 7.55. The Hall–Kier alpha value is -2.25. The van der Waals surface area contributed by atoms with Crippen LogP contribution in [0.1, 0.15) is 47.1 Å². The molecule has 1 fully saturated rings. The van der Waals surface area contributed by atoms with Crippen molar-refractivity contribution in [3.8, 4) is 0 Å². The van der Waals surface area contributed by atoms with E-state index in [0.29, 0.717) is 12.2 Å². The SMILES string of the molecule is Cc1nc2sccn2c1C(=O)NC[C@@H](c1cccnc1)N1CCCCC1. The molecule has 0 unspecified atom stereocenters. The fraction of sp³-hybridized carbons (Fsp3) is 0.421. The van der Waals surface area contributed by atoms with Gasteiger partial charge in [0.15, 0.2) is 4.96 Å². The molecule has 1 aliphatic rings. The van der Waals surface area contributed by atoms with E-state index >= 15 is 0 Å². The quantitative estimate of drug-likeness (QED) is 0.751. The summed E-state index contributed by atoms with van der Waals surface area (Å²) in [5.41, 5.74) is 2.55. The third kappa shape index (κ3) is 3.37. The van der Waals surface area contributed by atoms with Crippen LogP contribution in [0.4, 0.5) is 0 Å². The zero-order valence-corrected chi connectivity index (χ0v) is 15.7. The summed E-state index contributed by atoms with van der Waals surface area (Å²) in [6.45, 7) is 4.59. The first-order valence-electron chi connectivity index (χ1n) is 9.08. The van der Waals surface area contributed by atoms with Gasteiger partial charge in [0, 0.05) is 30.5 Å². The van der Waals surface area contributed by atoms with E-state index in [1.165, 1.54) is 30.6 Å². The highest BCUT2D eigenvalue weighted by Gasteiger charge is 2.24. The Balaban J connectivity index is 1.53. The largest absolute Gasteiger partial charge is 0.349 e. The highest BCUT2D eigenvalue weighted by Crippen LogP contribution is 2.24. The van der Waals surface area contributed by atoms with Gasteiger partial charge in [-0.1, -0.05) is 12.5 Å². The Morgan fingerprint density at radius 2 is 2.19 bits per heavy atom. The van der Waals surface area contributed by atoms with Gasteiger partial charge in [-0.2, -0.15) is 0 Å². The molecule has 26 heavy (non-hydrogen) atoms. The third-order valence-electron chi connectivity index (χ3n) is 5.01. The van der Waals surface area contributed by atoms with E-state index < -0.39 is 0 Å². The van der Waals surface area contributed by atoms with E-state index in [4.69, 9.17) is 0 Å². The lowest BCUT2D eigenvalue weighted by Gasteiger charge is -2.34. The highest BCUT2D eigenvalue weighted by molar-refractivity contribution is 7.15. The van der Waals surface area contributed by atoms with E-state index in [1.807, 2.05) is 35.2 Å². The molecule has 1 amide bonds. The number of rotatable bonds is 5. The number of fused-ring (bicyclic) bond motifs is 1. The Labute approximate surface area is 156 Å². The maximum atomic E-state index is 12.9. The number of pyridine rings is 1. The standard InChI is InChI=1S/C19H23N5OS/c1-14-17(24-10-11-26-19(24)22-14)18(25)21-13-16(15-6-5-7-20-12-15)23-8-3-2-4-9-23/h5-7,10-12,16H,2-4,8-9,13H2,1H3,(H,21,25)/t16-/m0/s1. The molecule has 4 heterocycles. The lowest BCUT2D eigenvalue weighted by atomic mass is 10.0. The van der Waals surface area contributed by atoms with E-state index in [9.17, 15) is 4.79 Å². The van der Waals surface area contributed by atoms with Crippen molar-refractivity contribution in [2.24, 2.45) is 0 Å². The van der Waals surface area contributed by atoms with E-state index in [0.717, 1.165) is 29.3 Å². The molecule has 4 rings (SSSR count). The Morgan fingerprint density at radius 3 is 2.96 bits per heavy atom. The molecule has 3 aromatic heterocycles. The molecule has 6 nitrogen and oxygen atoms in total. The van der Waals surface area contributed by atoms with Crippen LogP contribution in [0.3, 0.4) is 0 Å². The summed E-state index contributed by atoms with van der Waals surface area (Å²) >= 11 is 1.54. The average molecular weight is 369 g/mol. The normalized spacial score (nSPS) is 16.7. The molecule has 1 N–H and O–H groups in total. The summed E-state index contributed by atoms with van der Waals surface area (Å²) < 4.78 is 1.87. The van der Waals surface area contributed by atoms with E-state index in [-0.39, 0.29) is 11.9 Å². The van der Waals surface area contributed by atoms with Crippen LogP contribution < -0.4 is 5.32 Å². The number of likely N-dealkylation sites (tertiary alicyclic amines) is 1. The monoisotopic (exact) mass is 369 g/mol. The van der Waals surface area contributed by atoms with Gasteiger partial charge in [-0.3, -0.25) is 19.1 Å². The van der Waals surface area contributed by atoms with Gasteiger partial charge < -0.3 is 5.32 Å². The second-order valence-electron chi connectivity index (χ2n) is 6.71. The number of aryl methyl sites for hydroxylation is 1. The van der Waals surface area contributed by atoms with Crippen LogP contribution in [0, 0.1) is 6.92 Å². The smallest absolute Gasteiger partial charge is 0.270 e. The predicted molar refractivity (Wildman–Crippen MR) is 103 cm³/mol. The van der Waals surface area contributed by atoms with Crippen molar-refractivity contribution in [3.05, 3.63) is 53.1 Å². The third-order valence-corrected chi connectivity index (χ3v) is 5.76. The first kappa shape index (κ1) is 17.2. The number of piperidine rings is 1. The number of carbonyl (C=O) groups excluding carboxylic acids is 1. The first-order chi connectivity index (χ1) is 12.7. The Bertz CT molecular complexity index is 882. The first-order valence-corrected chi connectivity index (χ1v) is 9.96. The fourth-order valence-corrected chi connectivity index (χ4v) is 4.46. The van der Waals surface area contributed by atoms with E-state index in [1.54, 1.807) is 6.20 Å². The van der Waals surface area contributed by atoms with Crippen molar-refractivity contribution in [3.63, 3.8) is 0 Å². The minimum absolute atomic E-state index is 0.0701. The van der Waals surface area contributed by atoms with Gasteiger partial charge in [0.2, 0.25) is 0 Å². The molecule has 1 aliphatic heterocycles. The highest BCUT2D eigenvalue weighted by atomic mass is 32.1. The number of aromatic nitrogens is 3. The van der Waals surface area contributed by atoms with Gasteiger partial charge in [-0.25, -0.2) is 4.98 Å². The van der Waals surface area contributed by atoms with Crippen molar-refractivity contribution >= 4 is 22.2 Å².